The molecule has 0 spiro atoms. The molecular formula is C23H18Cl2N2O3S. The molecule has 0 amide bonds. The van der Waals surface area contributed by atoms with Crippen molar-refractivity contribution in [2.75, 3.05) is 6.61 Å². The minimum absolute atomic E-state index is 0.231. The number of allylic oxidation sites excluding steroid dienone is 1. The molecule has 1 aromatic heterocycles. The fourth-order valence-electron chi connectivity index (χ4n) is 3.52. The predicted molar refractivity (Wildman–Crippen MR) is 123 cm³/mol. The van der Waals surface area contributed by atoms with Gasteiger partial charge in [0.1, 0.15) is 0 Å². The number of fused-ring (bicyclic) bond motifs is 1. The molecule has 0 saturated heterocycles. The smallest absolute Gasteiger partial charge is 0.338 e. The molecule has 5 nitrogen and oxygen atoms in total. The molecule has 4 rings (SSSR count). The Morgan fingerprint density at radius 3 is 2.65 bits per heavy atom. The lowest BCUT2D eigenvalue weighted by atomic mass is 9.96. The lowest BCUT2D eigenvalue weighted by Gasteiger charge is -2.24. The highest BCUT2D eigenvalue weighted by Gasteiger charge is 2.33. The minimum Gasteiger partial charge on any atom is -0.463 e. The van der Waals surface area contributed by atoms with Crippen molar-refractivity contribution in [3.8, 4) is 0 Å². The molecule has 158 valence electrons. The molecular weight excluding hydrogens is 455 g/mol. The van der Waals surface area contributed by atoms with Gasteiger partial charge in [-0.25, -0.2) is 9.79 Å². The van der Waals surface area contributed by atoms with Gasteiger partial charge in [-0.05, 0) is 37.1 Å². The summed E-state index contributed by atoms with van der Waals surface area (Å²) in [5.74, 6) is -0.482. The van der Waals surface area contributed by atoms with Crippen LogP contribution in [0.1, 0.15) is 31.0 Å². The number of thiazole rings is 1. The fraction of sp³-hybridized carbons (Fsp3) is 0.174. The van der Waals surface area contributed by atoms with Gasteiger partial charge in [0, 0.05) is 0 Å². The normalized spacial score (nSPS) is 16.1. The summed E-state index contributed by atoms with van der Waals surface area (Å²) in [5, 5.41) is 0.781. The number of esters is 1. The van der Waals surface area contributed by atoms with Crippen LogP contribution in [0.4, 0.5) is 0 Å². The molecule has 0 N–H and O–H groups in total. The molecule has 3 aromatic rings. The molecule has 0 aliphatic carbocycles. The molecule has 0 unspecified atom stereocenters. The summed E-state index contributed by atoms with van der Waals surface area (Å²) >= 11 is 13.7. The van der Waals surface area contributed by atoms with Crippen LogP contribution in [-0.4, -0.2) is 17.1 Å². The van der Waals surface area contributed by atoms with Crippen LogP contribution in [0.5, 0.6) is 0 Å². The molecule has 1 atom stereocenters. The second-order valence-electron chi connectivity index (χ2n) is 6.86. The predicted octanol–water partition coefficient (Wildman–Crippen LogP) is 4.11. The van der Waals surface area contributed by atoms with Gasteiger partial charge in [0.05, 0.1) is 38.5 Å². The second-order valence-corrected chi connectivity index (χ2v) is 8.65. The van der Waals surface area contributed by atoms with E-state index in [1.165, 1.54) is 11.3 Å². The van der Waals surface area contributed by atoms with Gasteiger partial charge in [-0.3, -0.25) is 9.36 Å². The van der Waals surface area contributed by atoms with Gasteiger partial charge in [0.25, 0.3) is 5.56 Å². The maximum Gasteiger partial charge on any atom is 0.338 e. The number of hydrogen-bond donors (Lipinski definition) is 0. The SMILES string of the molecule is CCOC(=O)C1=C(C)N=c2s/c(=C/c3cccc(Cl)c3Cl)c(=O)n2[C@@H]1c1ccccc1. The van der Waals surface area contributed by atoms with Crippen LogP contribution in [-0.2, 0) is 9.53 Å². The molecule has 31 heavy (non-hydrogen) atoms. The number of ether oxygens (including phenoxy) is 1. The van der Waals surface area contributed by atoms with E-state index in [1.807, 2.05) is 30.3 Å². The number of aromatic nitrogens is 1. The van der Waals surface area contributed by atoms with Crippen LogP contribution in [0.25, 0.3) is 6.08 Å². The van der Waals surface area contributed by atoms with E-state index in [0.717, 1.165) is 5.56 Å². The zero-order chi connectivity index (χ0) is 22.1. The summed E-state index contributed by atoms with van der Waals surface area (Å²) in [6, 6.07) is 14.0. The Morgan fingerprint density at radius 1 is 1.19 bits per heavy atom. The van der Waals surface area contributed by atoms with Crippen LogP contribution >= 0.6 is 34.5 Å². The molecule has 0 bridgehead atoms. The second kappa shape index (κ2) is 8.83. The number of benzene rings is 2. The quantitative estimate of drug-likeness (QED) is 0.536. The molecule has 2 heterocycles. The number of hydrogen-bond acceptors (Lipinski definition) is 5. The van der Waals surface area contributed by atoms with Crippen molar-refractivity contribution in [2.24, 2.45) is 4.99 Å². The lowest BCUT2D eigenvalue weighted by molar-refractivity contribution is -0.139. The minimum atomic E-state index is -0.631. The Kier molecular flexibility index (Phi) is 6.14. The lowest BCUT2D eigenvalue weighted by Crippen LogP contribution is -2.39. The molecule has 8 heteroatoms. The number of carbonyl (C=O) groups is 1. The number of halogens is 2. The van der Waals surface area contributed by atoms with Crippen molar-refractivity contribution >= 4 is 46.6 Å². The summed E-state index contributed by atoms with van der Waals surface area (Å²) in [6.45, 7) is 3.73. The maximum atomic E-state index is 13.5. The van der Waals surface area contributed by atoms with Gasteiger partial charge in [0.15, 0.2) is 4.80 Å². The Hall–Kier alpha value is -2.67. The van der Waals surface area contributed by atoms with Crippen molar-refractivity contribution in [3.63, 3.8) is 0 Å². The third kappa shape index (κ3) is 3.99. The van der Waals surface area contributed by atoms with E-state index < -0.39 is 12.0 Å². The van der Waals surface area contributed by atoms with E-state index in [1.54, 1.807) is 42.7 Å². The van der Waals surface area contributed by atoms with Crippen LogP contribution in [0.15, 0.2) is 69.6 Å². The van der Waals surface area contributed by atoms with Crippen molar-refractivity contribution in [3.05, 3.63) is 101 Å². The van der Waals surface area contributed by atoms with E-state index in [-0.39, 0.29) is 12.2 Å². The number of rotatable bonds is 4. The van der Waals surface area contributed by atoms with E-state index in [2.05, 4.69) is 4.99 Å². The number of carbonyl (C=O) groups excluding carboxylic acids is 1. The summed E-state index contributed by atoms with van der Waals surface area (Å²) in [4.78, 5) is 31.3. The first-order valence-corrected chi connectivity index (χ1v) is 11.2. The first kappa shape index (κ1) is 21.6. The number of nitrogens with zero attached hydrogens (tertiary/aromatic N) is 2. The van der Waals surface area contributed by atoms with Gasteiger partial charge in [-0.15, -0.1) is 0 Å². The Balaban J connectivity index is 1.97. The van der Waals surface area contributed by atoms with Crippen LogP contribution in [0.2, 0.25) is 10.0 Å². The van der Waals surface area contributed by atoms with Crippen molar-refractivity contribution in [2.45, 2.75) is 19.9 Å². The van der Waals surface area contributed by atoms with Gasteiger partial charge in [-0.2, -0.15) is 0 Å². The molecule has 1 aliphatic rings. The monoisotopic (exact) mass is 472 g/mol. The Labute approximate surface area is 192 Å². The zero-order valence-electron chi connectivity index (χ0n) is 16.8. The standard InChI is InChI=1S/C23H18Cl2N2O3S/c1-3-30-22(29)18-13(2)26-23-27(20(18)14-8-5-4-6-9-14)21(28)17(31-23)12-15-10-7-11-16(24)19(15)25/h4-12,20H,3H2,1-2H3/b17-12+/t20-/m1/s1. The Morgan fingerprint density at radius 2 is 1.94 bits per heavy atom. The average Bonchev–Trinajstić information content (AvgIpc) is 3.06. The summed E-state index contributed by atoms with van der Waals surface area (Å²) in [5.41, 5.74) is 2.06. The summed E-state index contributed by atoms with van der Waals surface area (Å²) in [7, 11) is 0. The Bertz CT molecular complexity index is 1370. The summed E-state index contributed by atoms with van der Waals surface area (Å²) in [6.07, 6.45) is 1.70. The fourth-order valence-corrected chi connectivity index (χ4v) is 4.92. The molecule has 0 fully saturated rings. The van der Waals surface area contributed by atoms with E-state index in [9.17, 15) is 9.59 Å². The van der Waals surface area contributed by atoms with Gasteiger partial charge in [-0.1, -0.05) is 77.0 Å². The molecule has 0 radical (unpaired) electrons. The van der Waals surface area contributed by atoms with Crippen molar-refractivity contribution in [1.82, 2.24) is 4.57 Å². The molecule has 2 aromatic carbocycles. The summed E-state index contributed by atoms with van der Waals surface area (Å²) < 4.78 is 7.27. The van der Waals surface area contributed by atoms with E-state index in [4.69, 9.17) is 27.9 Å². The van der Waals surface area contributed by atoms with Gasteiger partial charge in [0.2, 0.25) is 0 Å². The van der Waals surface area contributed by atoms with Crippen molar-refractivity contribution in [1.29, 1.82) is 0 Å². The van der Waals surface area contributed by atoms with E-state index >= 15 is 0 Å². The van der Waals surface area contributed by atoms with Crippen LogP contribution in [0.3, 0.4) is 0 Å². The highest BCUT2D eigenvalue weighted by molar-refractivity contribution is 7.07. The average molecular weight is 473 g/mol. The third-order valence-corrected chi connectivity index (χ3v) is 6.72. The van der Waals surface area contributed by atoms with Crippen LogP contribution in [0, 0.1) is 0 Å². The first-order valence-electron chi connectivity index (χ1n) is 9.61. The van der Waals surface area contributed by atoms with Gasteiger partial charge >= 0.3 is 5.97 Å². The van der Waals surface area contributed by atoms with Crippen molar-refractivity contribution < 1.29 is 9.53 Å². The third-order valence-electron chi connectivity index (χ3n) is 4.90. The highest BCUT2D eigenvalue weighted by Crippen LogP contribution is 2.30. The first-order chi connectivity index (χ1) is 14.9. The topological polar surface area (TPSA) is 60.7 Å². The zero-order valence-corrected chi connectivity index (χ0v) is 19.1. The molecule has 0 saturated carbocycles. The van der Waals surface area contributed by atoms with Gasteiger partial charge < -0.3 is 4.74 Å². The highest BCUT2D eigenvalue weighted by atomic mass is 35.5. The maximum absolute atomic E-state index is 13.5. The van der Waals surface area contributed by atoms with E-state index in [0.29, 0.717) is 36.2 Å². The van der Waals surface area contributed by atoms with Crippen LogP contribution < -0.4 is 14.9 Å². The largest absolute Gasteiger partial charge is 0.463 e. The molecule has 1 aliphatic heterocycles.